The molecule has 3 rings (SSSR count). The van der Waals surface area contributed by atoms with Gasteiger partial charge in [-0.25, -0.2) is 8.42 Å². The Morgan fingerprint density at radius 3 is 2.58 bits per heavy atom. The molecule has 0 unspecified atom stereocenters. The molecule has 1 aliphatic carbocycles. The first-order chi connectivity index (χ1) is 8.98. The van der Waals surface area contributed by atoms with Crippen molar-refractivity contribution in [3.63, 3.8) is 0 Å². The van der Waals surface area contributed by atoms with Crippen molar-refractivity contribution in [3.8, 4) is 11.3 Å². The second kappa shape index (κ2) is 4.35. The van der Waals surface area contributed by atoms with Crippen LogP contribution < -0.4 is 5.73 Å². The molecule has 1 aromatic carbocycles. The van der Waals surface area contributed by atoms with Gasteiger partial charge in [-0.1, -0.05) is 6.07 Å². The van der Waals surface area contributed by atoms with Crippen LogP contribution in [0.15, 0.2) is 33.6 Å². The van der Waals surface area contributed by atoms with Gasteiger partial charge in [0.15, 0.2) is 9.84 Å². The highest BCUT2D eigenvalue weighted by Gasteiger charge is 2.37. The first kappa shape index (κ1) is 12.7. The Morgan fingerprint density at radius 2 is 2.05 bits per heavy atom. The summed E-state index contributed by atoms with van der Waals surface area (Å²) in [7, 11) is -3.19. The molecule has 2 aromatic rings. The Kier molecular flexibility index (Phi) is 2.90. The van der Waals surface area contributed by atoms with Crippen LogP contribution in [0.25, 0.3) is 11.3 Å². The zero-order chi connectivity index (χ0) is 13.6. The number of nitrogens with two attached hydrogens (primary N) is 1. The van der Waals surface area contributed by atoms with Crippen LogP contribution in [0.4, 0.5) is 5.82 Å². The fourth-order valence-corrected chi connectivity index (χ4v) is 4.70. The molecule has 1 heterocycles. The van der Waals surface area contributed by atoms with Crippen molar-refractivity contribution in [2.45, 2.75) is 23.0 Å². The highest BCUT2D eigenvalue weighted by Crippen LogP contribution is 2.37. The first-order valence-electron chi connectivity index (χ1n) is 5.83. The van der Waals surface area contributed by atoms with E-state index in [1.165, 1.54) is 0 Å². The van der Waals surface area contributed by atoms with Crippen molar-refractivity contribution in [2.24, 2.45) is 0 Å². The van der Waals surface area contributed by atoms with Crippen molar-refractivity contribution < 1.29 is 8.42 Å². The molecular weight excluding hydrogens is 330 g/mol. The number of benzene rings is 1. The molecule has 7 heteroatoms. The maximum atomic E-state index is 12.2. The smallest absolute Gasteiger partial charge is 0.182 e. The quantitative estimate of drug-likeness (QED) is 0.896. The molecule has 0 radical (unpaired) electrons. The molecule has 0 saturated heterocycles. The van der Waals surface area contributed by atoms with Gasteiger partial charge < -0.3 is 5.73 Å². The van der Waals surface area contributed by atoms with Gasteiger partial charge in [0, 0.05) is 16.1 Å². The normalized spacial score (nSPS) is 15.6. The van der Waals surface area contributed by atoms with Crippen LogP contribution in [0.2, 0.25) is 0 Å². The second-order valence-corrected chi connectivity index (χ2v) is 7.65. The standard InChI is InChI=1S/C12H12BrN3O2S/c13-9-5-7(10-6-12(14)16-15-10)1-4-11(9)19(17,18)8-2-3-8/h1,4-6,8H,2-3H2,(H3,14,15,16). The maximum absolute atomic E-state index is 12.2. The van der Waals surface area contributed by atoms with Gasteiger partial charge in [0.25, 0.3) is 0 Å². The Bertz CT molecular complexity index is 735. The highest BCUT2D eigenvalue weighted by molar-refractivity contribution is 9.10. The van der Waals surface area contributed by atoms with Crippen LogP contribution in [0.3, 0.4) is 0 Å². The molecule has 100 valence electrons. The summed E-state index contributed by atoms with van der Waals surface area (Å²) in [5.74, 6) is 0.404. The molecule has 1 fully saturated rings. The summed E-state index contributed by atoms with van der Waals surface area (Å²) >= 11 is 3.34. The number of nitrogens with one attached hydrogen (secondary N) is 1. The van der Waals surface area contributed by atoms with Gasteiger partial charge in [0.1, 0.15) is 5.82 Å². The summed E-state index contributed by atoms with van der Waals surface area (Å²) in [4.78, 5) is 0.353. The van der Waals surface area contributed by atoms with Crippen molar-refractivity contribution in [1.82, 2.24) is 10.2 Å². The molecule has 0 atom stereocenters. The van der Waals surface area contributed by atoms with Crippen molar-refractivity contribution >= 4 is 31.6 Å². The van der Waals surface area contributed by atoms with Crippen LogP contribution in [0.5, 0.6) is 0 Å². The summed E-state index contributed by atoms with van der Waals surface area (Å²) in [6.45, 7) is 0. The molecule has 3 N–H and O–H groups in total. The topological polar surface area (TPSA) is 88.8 Å². The summed E-state index contributed by atoms with van der Waals surface area (Å²) in [5, 5.41) is 6.44. The van der Waals surface area contributed by atoms with E-state index in [4.69, 9.17) is 5.73 Å². The SMILES string of the molecule is Nc1cc(-c2ccc(S(=O)(=O)C3CC3)c(Br)c2)[nH]n1. The van der Waals surface area contributed by atoms with Crippen molar-refractivity contribution in [2.75, 3.05) is 5.73 Å². The number of sulfone groups is 1. The number of hydrogen-bond acceptors (Lipinski definition) is 4. The van der Waals surface area contributed by atoms with E-state index in [1.807, 2.05) is 0 Å². The lowest BCUT2D eigenvalue weighted by molar-refractivity contribution is 0.594. The third kappa shape index (κ3) is 2.28. The Morgan fingerprint density at radius 1 is 1.32 bits per heavy atom. The third-order valence-electron chi connectivity index (χ3n) is 3.11. The lowest BCUT2D eigenvalue weighted by atomic mass is 10.1. The summed E-state index contributed by atoms with van der Waals surface area (Å²) in [6, 6.07) is 6.86. The predicted molar refractivity (Wildman–Crippen MR) is 76.3 cm³/mol. The fraction of sp³-hybridized carbons (Fsp3) is 0.250. The number of H-pyrrole nitrogens is 1. The van der Waals surface area contributed by atoms with Crippen LogP contribution in [-0.4, -0.2) is 23.9 Å². The van der Waals surface area contributed by atoms with Crippen LogP contribution in [-0.2, 0) is 9.84 Å². The molecule has 1 aliphatic rings. The molecule has 0 spiro atoms. The van der Waals surface area contributed by atoms with Gasteiger partial charge in [-0.2, -0.15) is 5.10 Å². The van der Waals surface area contributed by atoms with E-state index in [9.17, 15) is 8.42 Å². The molecule has 1 aromatic heterocycles. The maximum Gasteiger partial charge on any atom is 0.182 e. The number of nitrogen functional groups attached to an aromatic ring is 1. The van der Waals surface area contributed by atoms with E-state index in [0.717, 1.165) is 24.1 Å². The Labute approximate surface area is 119 Å². The fourth-order valence-electron chi connectivity index (χ4n) is 1.94. The average Bonchev–Trinajstić information content (AvgIpc) is 3.12. The van der Waals surface area contributed by atoms with E-state index in [1.54, 1.807) is 24.3 Å². The lowest BCUT2D eigenvalue weighted by Crippen LogP contribution is -2.07. The van der Waals surface area contributed by atoms with E-state index < -0.39 is 9.84 Å². The summed E-state index contributed by atoms with van der Waals surface area (Å²) in [6.07, 6.45) is 1.52. The number of anilines is 1. The largest absolute Gasteiger partial charge is 0.382 e. The van der Waals surface area contributed by atoms with Gasteiger partial charge in [-0.3, -0.25) is 5.10 Å². The number of aromatic amines is 1. The van der Waals surface area contributed by atoms with E-state index in [2.05, 4.69) is 26.1 Å². The van der Waals surface area contributed by atoms with Gasteiger partial charge in [-0.05, 0) is 40.9 Å². The number of aromatic nitrogens is 2. The van der Waals surface area contributed by atoms with Crippen LogP contribution in [0.1, 0.15) is 12.8 Å². The minimum atomic E-state index is -3.19. The minimum Gasteiger partial charge on any atom is -0.382 e. The molecular formula is C12H12BrN3O2S. The lowest BCUT2D eigenvalue weighted by Gasteiger charge is -2.07. The molecule has 0 aliphatic heterocycles. The molecule has 19 heavy (non-hydrogen) atoms. The number of hydrogen-bond donors (Lipinski definition) is 2. The molecule has 0 amide bonds. The molecule has 0 bridgehead atoms. The van der Waals surface area contributed by atoms with E-state index in [0.29, 0.717) is 15.2 Å². The predicted octanol–water partition coefficient (Wildman–Crippen LogP) is 2.36. The van der Waals surface area contributed by atoms with E-state index >= 15 is 0 Å². The van der Waals surface area contributed by atoms with Gasteiger partial charge in [-0.15, -0.1) is 0 Å². The first-order valence-corrected chi connectivity index (χ1v) is 8.17. The van der Waals surface area contributed by atoms with E-state index in [-0.39, 0.29) is 5.25 Å². The second-order valence-electron chi connectivity index (χ2n) is 4.60. The van der Waals surface area contributed by atoms with Crippen LogP contribution >= 0.6 is 15.9 Å². The molecule has 1 saturated carbocycles. The monoisotopic (exact) mass is 341 g/mol. The summed E-state index contributed by atoms with van der Waals surface area (Å²) < 4.78 is 25.0. The minimum absolute atomic E-state index is 0.211. The van der Waals surface area contributed by atoms with Crippen molar-refractivity contribution in [3.05, 3.63) is 28.7 Å². The third-order valence-corrected chi connectivity index (χ3v) is 6.35. The summed E-state index contributed by atoms with van der Waals surface area (Å²) in [5.41, 5.74) is 7.15. The number of nitrogens with zero attached hydrogens (tertiary/aromatic N) is 1. The van der Waals surface area contributed by atoms with Crippen LogP contribution in [0, 0.1) is 0 Å². The number of rotatable bonds is 3. The molecule has 5 nitrogen and oxygen atoms in total. The zero-order valence-corrected chi connectivity index (χ0v) is 12.3. The number of halogens is 1. The average molecular weight is 342 g/mol. The zero-order valence-electron chi connectivity index (χ0n) is 9.93. The highest BCUT2D eigenvalue weighted by atomic mass is 79.9. The van der Waals surface area contributed by atoms with Gasteiger partial charge >= 0.3 is 0 Å². The van der Waals surface area contributed by atoms with Gasteiger partial charge in [0.2, 0.25) is 0 Å². The Balaban J connectivity index is 2.03. The Hall–Kier alpha value is -1.34. The van der Waals surface area contributed by atoms with Crippen molar-refractivity contribution in [1.29, 1.82) is 0 Å². The van der Waals surface area contributed by atoms with Gasteiger partial charge in [0.05, 0.1) is 15.8 Å².